The van der Waals surface area contributed by atoms with Crippen LogP contribution in [-0.2, 0) is 6.54 Å². The van der Waals surface area contributed by atoms with Crippen molar-refractivity contribution in [1.29, 1.82) is 0 Å². The zero-order chi connectivity index (χ0) is 21.4. The van der Waals surface area contributed by atoms with Gasteiger partial charge in [0.15, 0.2) is 0 Å². The van der Waals surface area contributed by atoms with E-state index in [0.717, 1.165) is 48.8 Å². The molecule has 31 heavy (non-hydrogen) atoms. The number of hydrogen-bond donors (Lipinski definition) is 2. The molecule has 160 valence electrons. The van der Waals surface area contributed by atoms with Gasteiger partial charge in [-0.1, -0.05) is 12.1 Å². The summed E-state index contributed by atoms with van der Waals surface area (Å²) in [6.45, 7) is 2.33. The number of halogens is 2. The zero-order valence-electron chi connectivity index (χ0n) is 16.9. The van der Waals surface area contributed by atoms with Gasteiger partial charge in [-0.05, 0) is 61.3 Å². The highest BCUT2D eigenvalue weighted by molar-refractivity contribution is 5.95. The lowest BCUT2D eigenvalue weighted by molar-refractivity contribution is 0.119. The van der Waals surface area contributed by atoms with Crippen LogP contribution in [0.2, 0.25) is 0 Å². The second-order valence-electron chi connectivity index (χ2n) is 8.24. The summed E-state index contributed by atoms with van der Waals surface area (Å²) < 4.78 is 27.5. The Morgan fingerprint density at radius 1 is 1.00 bits per heavy atom. The van der Waals surface area contributed by atoms with E-state index in [4.69, 9.17) is 0 Å². The molecule has 2 aromatic carbocycles. The summed E-state index contributed by atoms with van der Waals surface area (Å²) in [7, 11) is 0. The Kier molecular flexibility index (Phi) is 4.94. The number of nitrogens with one attached hydrogen (secondary N) is 2. The summed E-state index contributed by atoms with van der Waals surface area (Å²) in [6, 6.07) is 11.1. The third kappa shape index (κ3) is 3.67. The van der Waals surface area contributed by atoms with E-state index in [1.54, 1.807) is 16.0 Å². The van der Waals surface area contributed by atoms with Gasteiger partial charge in [0, 0.05) is 30.1 Å². The molecule has 3 heterocycles. The van der Waals surface area contributed by atoms with Gasteiger partial charge in [-0.2, -0.15) is 5.10 Å². The van der Waals surface area contributed by atoms with Gasteiger partial charge in [0.1, 0.15) is 11.6 Å². The number of rotatable bonds is 4. The van der Waals surface area contributed by atoms with E-state index in [2.05, 4.69) is 15.5 Å². The van der Waals surface area contributed by atoms with Crippen molar-refractivity contribution in [3.05, 3.63) is 72.1 Å². The molecule has 0 atom stereocenters. The average molecular weight is 423 g/mol. The Bertz CT molecular complexity index is 1060. The van der Waals surface area contributed by atoms with E-state index in [-0.39, 0.29) is 18.1 Å². The van der Waals surface area contributed by atoms with Crippen LogP contribution in [0.15, 0.2) is 54.9 Å². The van der Waals surface area contributed by atoms with Gasteiger partial charge in [-0.3, -0.25) is 10.00 Å². The first-order valence-corrected chi connectivity index (χ1v) is 10.4. The van der Waals surface area contributed by atoms with Gasteiger partial charge < -0.3 is 10.2 Å². The van der Waals surface area contributed by atoms with E-state index >= 15 is 0 Å². The number of H-pyrrole nitrogens is 1. The molecule has 0 bridgehead atoms. The van der Waals surface area contributed by atoms with Gasteiger partial charge in [-0.25, -0.2) is 13.6 Å². The standard InChI is InChI=1S/C23H23F2N5O/c24-19-9-16(10-20(25)11-19)14-30-22(31)29(15-23(30)5-7-26-8-6-23)21-3-1-17(2-4-21)18-12-27-28-13-18/h1-4,9-13,26H,5-8,14-15H2,(H,27,28). The highest BCUT2D eigenvalue weighted by Gasteiger charge is 2.50. The Morgan fingerprint density at radius 3 is 2.35 bits per heavy atom. The van der Waals surface area contributed by atoms with Crippen molar-refractivity contribution in [1.82, 2.24) is 20.4 Å². The van der Waals surface area contributed by atoms with Crippen molar-refractivity contribution >= 4 is 11.7 Å². The number of hydrogen-bond acceptors (Lipinski definition) is 3. The van der Waals surface area contributed by atoms with Crippen LogP contribution >= 0.6 is 0 Å². The minimum Gasteiger partial charge on any atom is -0.317 e. The van der Waals surface area contributed by atoms with Crippen molar-refractivity contribution in [3.63, 3.8) is 0 Å². The lowest BCUT2D eigenvalue weighted by Gasteiger charge is -2.40. The van der Waals surface area contributed by atoms with Gasteiger partial charge in [0.25, 0.3) is 0 Å². The smallest absolute Gasteiger partial charge is 0.317 e. The molecule has 2 amide bonds. The highest BCUT2D eigenvalue weighted by Crippen LogP contribution is 2.38. The van der Waals surface area contributed by atoms with E-state index in [1.165, 1.54) is 12.1 Å². The molecule has 2 aliphatic rings. The maximum absolute atomic E-state index is 13.8. The summed E-state index contributed by atoms with van der Waals surface area (Å²) >= 11 is 0. The number of urea groups is 1. The molecule has 0 aliphatic carbocycles. The molecule has 2 saturated heterocycles. The first-order chi connectivity index (χ1) is 15.0. The third-order valence-electron chi connectivity index (χ3n) is 6.29. The minimum atomic E-state index is -0.632. The predicted molar refractivity (Wildman–Crippen MR) is 114 cm³/mol. The van der Waals surface area contributed by atoms with Crippen LogP contribution in [0.5, 0.6) is 0 Å². The highest BCUT2D eigenvalue weighted by atomic mass is 19.1. The molecule has 6 nitrogen and oxygen atoms in total. The van der Waals surface area contributed by atoms with Crippen LogP contribution in [0.25, 0.3) is 11.1 Å². The number of piperidine rings is 1. The maximum atomic E-state index is 13.8. The molecule has 1 spiro atoms. The normalized spacial score (nSPS) is 18.2. The van der Waals surface area contributed by atoms with Crippen molar-refractivity contribution in [2.75, 3.05) is 24.5 Å². The van der Waals surface area contributed by atoms with E-state index in [9.17, 15) is 13.6 Å². The number of aromatic amines is 1. The van der Waals surface area contributed by atoms with Crippen LogP contribution in [0.1, 0.15) is 18.4 Å². The Balaban J connectivity index is 1.45. The monoisotopic (exact) mass is 423 g/mol. The summed E-state index contributed by atoms with van der Waals surface area (Å²) in [5.41, 5.74) is 2.88. The fourth-order valence-corrected chi connectivity index (χ4v) is 4.68. The first kappa shape index (κ1) is 19.7. The zero-order valence-corrected chi connectivity index (χ0v) is 16.9. The van der Waals surface area contributed by atoms with Crippen molar-refractivity contribution in [2.24, 2.45) is 0 Å². The van der Waals surface area contributed by atoms with Crippen molar-refractivity contribution < 1.29 is 13.6 Å². The fraction of sp³-hybridized carbons (Fsp3) is 0.304. The number of benzene rings is 2. The molecule has 2 fully saturated rings. The summed E-state index contributed by atoms with van der Waals surface area (Å²) in [5.74, 6) is -1.26. The molecule has 8 heteroatoms. The van der Waals surface area contributed by atoms with Crippen LogP contribution in [0.3, 0.4) is 0 Å². The fourth-order valence-electron chi connectivity index (χ4n) is 4.68. The minimum absolute atomic E-state index is 0.136. The summed E-state index contributed by atoms with van der Waals surface area (Å²) in [6.07, 6.45) is 5.15. The molecule has 2 N–H and O–H groups in total. The summed E-state index contributed by atoms with van der Waals surface area (Å²) in [5, 5.41) is 10.1. The topological polar surface area (TPSA) is 64.3 Å². The molecule has 3 aromatic rings. The van der Waals surface area contributed by atoms with E-state index < -0.39 is 11.6 Å². The average Bonchev–Trinajstić information content (AvgIpc) is 3.38. The lowest BCUT2D eigenvalue weighted by atomic mass is 9.87. The van der Waals surface area contributed by atoms with E-state index in [0.29, 0.717) is 12.1 Å². The number of amides is 2. The molecule has 5 rings (SSSR count). The molecular formula is C23H23F2N5O. The Morgan fingerprint density at radius 2 is 1.71 bits per heavy atom. The predicted octanol–water partition coefficient (Wildman–Crippen LogP) is 3.92. The number of nitrogens with zero attached hydrogens (tertiary/aromatic N) is 3. The molecule has 0 radical (unpaired) electrons. The molecular weight excluding hydrogens is 400 g/mol. The Labute approximate surface area is 178 Å². The van der Waals surface area contributed by atoms with Gasteiger partial charge >= 0.3 is 6.03 Å². The van der Waals surface area contributed by atoms with Crippen LogP contribution in [0.4, 0.5) is 19.3 Å². The number of aromatic nitrogens is 2. The third-order valence-corrected chi connectivity index (χ3v) is 6.29. The number of carbonyl (C=O) groups excluding carboxylic acids is 1. The quantitative estimate of drug-likeness (QED) is 0.669. The molecule has 1 aromatic heterocycles. The first-order valence-electron chi connectivity index (χ1n) is 10.4. The molecule has 0 unspecified atom stereocenters. The maximum Gasteiger partial charge on any atom is 0.325 e. The van der Waals surface area contributed by atoms with Crippen LogP contribution < -0.4 is 10.2 Å². The number of carbonyl (C=O) groups is 1. The van der Waals surface area contributed by atoms with Crippen LogP contribution in [-0.4, -0.2) is 46.3 Å². The van der Waals surface area contributed by atoms with Gasteiger partial charge in [0.2, 0.25) is 0 Å². The number of anilines is 1. The van der Waals surface area contributed by atoms with Gasteiger partial charge in [0.05, 0.1) is 18.3 Å². The van der Waals surface area contributed by atoms with Crippen molar-refractivity contribution in [3.8, 4) is 11.1 Å². The van der Waals surface area contributed by atoms with Gasteiger partial charge in [-0.15, -0.1) is 0 Å². The summed E-state index contributed by atoms with van der Waals surface area (Å²) in [4.78, 5) is 17.1. The lowest BCUT2D eigenvalue weighted by Crippen LogP contribution is -2.53. The molecule has 2 aliphatic heterocycles. The van der Waals surface area contributed by atoms with Crippen molar-refractivity contribution in [2.45, 2.75) is 24.9 Å². The SMILES string of the molecule is O=C1N(c2ccc(-c3cn[nH]c3)cc2)CC2(CCNCC2)N1Cc1cc(F)cc(F)c1. The van der Waals surface area contributed by atoms with Crippen LogP contribution in [0, 0.1) is 11.6 Å². The Hall–Kier alpha value is -3.26. The largest absolute Gasteiger partial charge is 0.325 e. The molecule has 0 saturated carbocycles. The van der Waals surface area contributed by atoms with E-state index in [1.807, 2.05) is 30.5 Å². The second kappa shape index (κ2) is 7.77. The second-order valence-corrected chi connectivity index (χ2v) is 8.24.